The summed E-state index contributed by atoms with van der Waals surface area (Å²) in [6, 6.07) is 16.3. The number of anilines is 1. The molecule has 160 valence electrons. The molecule has 0 saturated carbocycles. The molecule has 5 rings (SSSR count). The van der Waals surface area contributed by atoms with E-state index in [1.165, 1.54) is 5.56 Å². The first-order chi connectivity index (χ1) is 15.2. The zero-order valence-corrected chi connectivity index (χ0v) is 17.7. The third-order valence-electron chi connectivity index (χ3n) is 5.65. The first kappa shape index (κ1) is 19.4. The van der Waals surface area contributed by atoms with E-state index in [1.54, 1.807) is 14.2 Å². The maximum absolute atomic E-state index is 5.38. The molecule has 1 aromatic heterocycles. The lowest BCUT2D eigenvalue weighted by Gasteiger charge is -2.34. The summed E-state index contributed by atoms with van der Waals surface area (Å²) in [6.07, 6.45) is 0.643. The summed E-state index contributed by atoms with van der Waals surface area (Å²) < 4.78 is 10.8. The molecule has 0 fully saturated rings. The molecule has 3 aromatic rings. The van der Waals surface area contributed by atoms with E-state index in [2.05, 4.69) is 50.0 Å². The number of ether oxygens (including phenoxy) is 2. The van der Waals surface area contributed by atoms with Crippen LogP contribution in [-0.4, -0.2) is 48.0 Å². The van der Waals surface area contributed by atoms with Crippen molar-refractivity contribution >= 4 is 11.7 Å². The van der Waals surface area contributed by atoms with Crippen LogP contribution < -0.4 is 20.1 Å². The average molecular weight is 419 g/mol. The lowest BCUT2D eigenvalue weighted by Crippen LogP contribution is -2.45. The van der Waals surface area contributed by atoms with Gasteiger partial charge in [0.1, 0.15) is 17.3 Å². The van der Waals surface area contributed by atoms with Crippen LogP contribution >= 0.6 is 0 Å². The molecule has 3 heterocycles. The van der Waals surface area contributed by atoms with Crippen LogP contribution in [0.25, 0.3) is 0 Å². The number of aromatic amines is 1. The van der Waals surface area contributed by atoms with Crippen LogP contribution in [0.5, 0.6) is 11.5 Å². The molecule has 1 atom stereocenters. The number of H-pyrrole nitrogens is 1. The second kappa shape index (κ2) is 8.31. The highest BCUT2D eigenvalue weighted by molar-refractivity contribution is 6.06. The molecule has 0 spiro atoms. The molecule has 1 unspecified atom stereocenters. The molecule has 0 saturated heterocycles. The van der Waals surface area contributed by atoms with Crippen molar-refractivity contribution in [3.8, 4) is 11.5 Å². The van der Waals surface area contributed by atoms with E-state index < -0.39 is 0 Å². The minimum Gasteiger partial charge on any atom is -0.497 e. The number of nitrogens with zero attached hydrogens (tertiary/aromatic N) is 3. The monoisotopic (exact) mass is 418 g/mol. The van der Waals surface area contributed by atoms with Gasteiger partial charge >= 0.3 is 0 Å². The highest BCUT2D eigenvalue weighted by Gasteiger charge is 2.32. The molecule has 0 bridgehead atoms. The molecule has 0 amide bonds. The van der Waals surface area contributed by atoms with E-state index in [9.17, 15) is 0 Å². The SMILES string of the molecule is COc1cc(CNC2N=C3c4c(n[nH]c4CCN3Cc3ccccc3)N2)cc(OC)c1. The zero-order chi connectivity index (χ0) is 21.2. The van der Waals surface area contributed by atoms with Gasteiger partial charge in [0.25, 0.3) is 0 Å². The standard InChI is InChI=1S/C23H26N6O2/c1-30-17-10-16(11-18(12-17)31-2)13-24-23-25-21-20-19(27-28-21)8-9-29(22(20)26-23)14-15-6-4-3-5-7-15/h3-7,10-12,23-24H,8-9,13-14H2,1-2H3,(H2,25,27,28). The van der Waals surface area contributed by atoms with Crippen LogP contribution in [0.1, 0.15) is 22.4 Å². The van der Waals surface area contributed by atoms with Gasteiger partial charge in [-0.25, -0.2) is 4.99 Å². The first-order valence-electron chi connectivity index (χ1n) is 10.4. The number of rotatable bonds is 7. The second-order valence-corrected chi connectivity index (χ2v) is 7.68. The lowest BCUT2D eigenvalue weighted by molar-refractivity contribution is 0.392. The first-order valence-corrected chi connectivity index (χ1v) is 10.4. The topological polar surface area (TPSA) is 86.8 Å². The minimum atomic E-state index is -0.285. The Morgan fingerprint density at radius 2 is 1.84 bits per heavy atom. The van der Waals surface area contributed by atoms with Crippen LogP contribution in [-0.2, 0) is 19.5 Å². The van der Waals surface area contributed by atoms with Crippen molar-refractivity contribution in [2.75, 3.05) is 26.1 Å². The number of nitrogens with one attached hydrogen (secondary N) is 3. The van der Waals surface area contributed by atoms with Crippen LogP contribution in [0, 0.1) is 0 Å². The van der Waals surface area contributed by atoms with Gasteiger partial charge in [0, 0.05) is 32.1 Å². The van der Waals surface area contributed by atoms with Gasteiger partial charge < -0.3 is 19.7 Å². The predicted octanol–water partition coefficient (Wildman–Crippen LogP) is 2.73. The third kappa shape index (κ3) is 3.94. The highest BCUT2D eigenvalue weighted by Crippen LogP contribution is 2.29. The molecule has 8 nitrogen and oxygen atoms in total. The Hall–Kier alpha value is -3.52. The summed E-state index contributed by atoms with van der Waals surface area (Å²) in [5.41, 5.74) is 4.55. The number of hydrogen-bond donors (Lipinski definition) is 3. The van der Waals surface area contributed by atoms with Crippen molar-refractivity contribution in [2.24, 2.45) is 4.99 Å². The van der Waals surface area contributed by atoms with Crippen LogP contribution in [0.3, 0.4) is 0 Å². The number of methoxy groups -OCH3 is 2. The van der Waals surface area contributed by atoms with Crippen molar-refractivity contribution in [1.82, 2.24) is 20.4 Å². The largest absolute Gasteiger partial charge is 0.497 e. The maximum atomic E-state index is 5.38. The number of aromatic nitrogens is 2. The van der Waals surface area contributed by atoms with E-state index in [0.717, 1.165) is 59.5 Å². The van der Waals surface area contributed by atoms with Crippen molar-refractivity contribution in [1.29, 1.82) is 0 Å². The molecule has 31 heavy (non-hydrogen) atoms. The van der Waals surface area contributed by atoms with E-state index in [-0.39, 0.29) is 6.29 Å². The maximum Gasteiger partial charge on any atom is 0.177 e. The average Bonchev–Trinajstić information content (AvgIpc) is 3.23. The molecule has 3 N–H and O–H groups in total. The Labute approximate surface area is 181 Å². The van der Waals surface area contributed by atoms with E-state index in [4.69, 9.17) is 14.5 Å². The van der Waals surface area contributed by atoms with Gasteiger partial charge in [-0.1, -0.05) is 30.3 Å². The zero-order valence-electron chi connectivity index (χ0n) is 17.7. The quantitative estimate of drug-likeness (QED) is 0.547. The fourth-order valence-corrected chi connectivity index (χ4v) is 4.08. The Bertz CT molecular complexity index is 1070. The van der Waals surface area contributed by atoms with Crippen molar-refractivity contribution in [2.45, 2.75) is 25.8 Å². The van der Waals surface area contributed by atoms with Gasteiger partial charge in [-0.05, 0) is 23.3 Å². The van der Waals surface area contributed by atoms with Gasteiger partial charge in [0.2, 0.25) is 0 Å². The van der Waals surface area contributed by atoms with Gasteiger partial charge in [-0.15, -0.1) is 0 Å². The summed E-state index contributed by atoms with van der Waals surface area (Å²) in [7, 11) is 3.31. The Kier molecular flexibility index (Phi) is 5.21. The fourth-order valence-electron chi connectivity index (χ4n) is 4.08. The van der Waals surface area contributed by atoms with Crippen LogP contribution in [0.4, 0.5) is 5.82 Å². The molecular formula is C23H26N6O2. The number of amidine groups is 1. The van der Waals surface area contributed by atoms with Gasteiger partial charge in [-0.2, -0.15) is 5.10 Å². The van der Waals surface area contributed by atoms with E-state index in [0.29, 0.717) is 6.54 Å². The molecule has 8 heteroatoms. The summed E-state index contributed by atoms with van der Waals surface area (Å²) in [6.45, 7) is 2.33. The fraction of sp³-hybridized carbons (Fsp3) is 0.304. The van der Waals surface area contributed by atoms with Gasteiger partial charge in [0.15, 0.2) is 12.1 Å². The summed E-state index contributed by atoms with van der Waals surface area (Å²) in [5.74, 6) is 3.35. The molecule has 0 aliphatic carbocycles. The number of benzene rings is 2. The highest BCUT2D eigenvalue weighted by atomic mass is 16.5. The van der Waals surface area contributed by atoms with Crippen molar-refractivity contribution < 1.29 is 9.47 Å². The summed E-state index contributed by atoms with van der Waals surface area (Å²) >= 11 is 0. The van der Waals surface area contributed by atoms with Crippen molar-refractivity contribution in [3.05, 3.63) is 70.9 Å². The smallest absolute Gasteiger partial charge is 0.177 e. The van der Waals surface area contributed by atoms with Crippen LogP contribution in [0.15, 0.2) is 53.5 Å². The summed E-state index contributed by atoms with van der Waals surface area (Å²) in [4.78, 5) is 7.34. The van der Waals surface area contributed by atoms with Crippen molar-refractivity contribution in [3.63, 3.8) is 0 Å². The molecule has 2 aromatic carbocycles. The van der Waals surface area contributed by atoms with E-state index >= 15 is 0 Å². The Morgan fingerprint density at radius 3 is 2.58 bits per heavy atom. The third-order valence-corrected chi connectivity index (χ3v) is 5.65. The molecule has 2 aliphatic heterocycles. The molecule has 0 radical (unpaired) electrons. The summed E-state index contributed by atoms with van der Waals surface area (Å²) in [5, 5.41) is 14.5. The molecular weight excluding hydrogens is 392 g/mol. The Morgan fingerprint density at radius 1 is 1.06 bits per heavy atom. The Balaban J connectivity index is 1.37. The van der Waals surface area contributed by atoms with E-state index in [1.807, 2.05) is 24.3 Å². The second-order valence-electron chi connectivity index (χ2n) is 7.68. The number of aliphatic imine (C=N–C) groups is 1. The van der Waals surface area contributed by atoms with Gasteiger partial charge in [0.05, 0.1) is 25.5 Å². The molecule has 2 aliphatic rings. The predicted molar refractivity (Wildman–Crippen MR) is 119 cm³/mol. The number of hydrogen-bond acceptors (Lipinski definition) is 7. The minimum absolute atomic E-state index is 0.285. The van der Waals surface area contributed by atoms with Gasteiger partial charge in [-0.3, -0.25) is 10.4 Å². The lowest BCUT2D eigenvalue weighted by atomic mass is 10.0. The van der Waals surface area contributed by atoms with Crippen LogP contribution in [0.2, 0.25) is 0 Å². The normalized spacial score (nSPS) is 16.9.